The molecule has 1 aliphatic rings. The molecule has 5 nitrogen and oxygen atoms in total. The molecule has 1 saturated carbocycles. The molecule has 0 amide bonds. The fraction of sp³-hybridized carbons (Fsp3) is 0.263. The standard InChI is InChI=1S/C19H20BrN3O2/c1-4-11-7-14(9-16(20)17(11)23(2)3)22-18-15(19(24)25)8-13(10-21-18)12-5-6-12/h4,7-10,12H,1,5-6H2,2-3H3,(H,21,22)(H,24,25). The van der Waals surface area contributed by atoms with Crippen molar-refractivity contribution in [2.45, 2.75) is 18.8 Å². The molecule has 0 spiro atoms. The van der Waals surface area contributed by atoms with Crippen LogP contribution >= 0.6 is 15.9 Å². The van der Waals surface area contributed by atoms with Gasteiger partial charge < -0.3 is 15.3 Å². The predicted molar refractivity (Wildman–Crippen MR) is 105 cm³/mol. The molecule has 6 heteroatoms. The molecular formula is C19H20BrN3O2. The van der Waals surface area contributed by atoms with Crippen LogP contribution in [0.25, 0.3) is 6.08 Å². The highest BCUT2D eigenvalue weighted by molar-refractivity contribution is 9.10. The molecule has 0 bridgehead atoms. The van der Waals surface area contributed by atoms with Gasteiger partial charge >= 0.3 is 5.97 Å². The number of nitrogens with one attached hydrogen (secondary N) is 1. The number of carboxylic acids is 1. The van der Waals surface area contributed by atoms with Crippen LogP contribution in [-0.4, -0.2) is 30.2 Å². The summed E-state index contributed by atoms with van der Waals surface area (Å²) in [5, 5.41) is 12.7. The Labute approximate surface area is 155 Å². The Kier molecular flexibility index (Phi) is 4.81. The molecule has 0 radical (unpaired) electrons. The summed E-state index contributed by atoms with van der Waals surface area (Å²) < 4.78 is 0.892. The number of halogens is 1. The van der Waals surface area contributed by atoms with Crippen molar-refractivity contribution in [2.75, 3.05) is 24.3 Å². The van der Waals surface area contributed by atoms with Gasteiger partial charge in [0.2, 0.25) is 0 Å². The van der Waals surface area contributed by atoms with E-state index < -0.39 is 5.97 Å². The van der Waals surface area contributed by atoms with Crippen molar-refractivity contribution < 1.29 is 9.90 Å². The maximum Gasteiger partial charge on any atom is 0.339 e. The molecule has 3 rings (SSSR count). The van der Waals surface area contributed by atoms with Crippen LogP contribution in [0, 0.1) is 0 Å². The van der Waals surface area contributed by atoms with E-state index in [1.165, 1.54) is 0 Å². The summed E-state index contributed by atoms with van der Waals surface area (Å²) in [4.78, 5) is 18.0. The number of benzene rings is 1. The number of pyridine rings is 1. The lowest BCUT2D eigenvalue weighted by molar-refractivity contribution is 0.0697. The van der Waals surface area contributed by atoms with E-state index in [2.05, 4.69) is 32.8 Å². The van der Waals surface area contributed by atoms with Crippen molar-refractivity contribution >= 4 is 45.2 Å². The molecule has 0 saturated heterocycles. The van der Waals surface area contributed by atoms with Gasteiger partial charge in [-0.25, -0.2) is 9.78 Å². The first-order chi connectivity index (χ1) is 11.9. The van der Waals surface area contributed by atoms with E-state index >= 15 is 0 Å². The summed E-state index contributed by atoms with van der Waals surface area (Å²) in [6, 6.07) is 5.56. The third-order valence-electron chi connectivity index (χ3n) is 4.21. The van der Waals surface area contributed by atoms with Crippen LogP contribution in [0.2, 0.25) is 0 Å². The van der Waals surface area contributed by atoms with Gasteiger partial charge in [-0.05, 0) is 58.5 Å². The summed E-state index contributed by atoms with van der Waals surface area (Å²) in [5.74, 6) is -0.178. The number of carbonyl (C=O) groups is 1. The molecule has 1 heterocycles. The molecule has 1 aromatic heterocycles. The predicted octanol–water partition coefficient (Wildman–Crippen LogP) is 4.87. The van der Waals surface area contributed by atoms with Gasteiger partial charge in [-0.15, -0.1) is 0 Å². The SMILES string of the molecule is C=Cc1cc(Nc2ncc(C3CC3)cc2C(=O)O)cc(Br)c1N(C)C. The number of hydrogen-bond donors (Lipinski definition) is 2. The van der Waals surface area contributed by atoms with Crippen LogP contribution < -0.4 is 10.2 Å². The Morgan fingerprint density at radius 3 is 2.68 bits per heavy atom. The maximum atomic E-state index is 11.6. The molecule has 2 N–H and O–H groups in total. The summed E-state index contributed by atoms with van der Waals surface area (Å²) in [5.41, 5.74) is 3.89. The monoisotopic (exact) mass is 401 g/mol. The van der Waals surface area contributed by atoms with Crippen LogP contribution in [0.3, 0.4) is 0 Å². The molecule has 25 heavy (non-hydrogen) atoms. The van der Waals surface area contributed by atoms with Gasteiger partial charge in [-0.2, -0.15) is 0 Å². The van der Waals surface area contributed by atoms with Gasteiger partial charge in [-0.3, -0.25) is 0 Å². The first kappa shape index (κ1) is 17.5. The van der Waals surface area contributed by atoms with Crippen LogP contribution in [0.1, 0.15) is 40.2 Å². The summed E-state index contributed by atoms with van der Waals surface area (Å²) in [6.45, 7) is 3.86. The number of anilines is 3. The molecule has 1 aromatic carbocycles. The lowest BCUT2D eigenvalue weighted by Gasteiger charge is -2.20. The van der Waals surface area contributed by atoms with Crippen LogP contribution in [0.5, 0.6) is 0 Å². The fourth-order valence-electron chi connectivity index (χ4n) is 2.84. The quantitative estimate of drug-likeness (QED) is 0.722. The van der Waals surface area contributed by atoms with Gasteiger partial charge in [-0.1, -0.05) is 12.7 Å². The van der Waals surface area contributed by atoms with E-state index in [0.717, 1.165) is 39.8 Å². The Morgan fingerprint density at radius 1 is 1.40 bits per heavy atom. The topological polar surface area (TPSA) is 65.5 Å². The first-order valence-electron chi connectivity index (χ1n) is 8.04. The second-order valence-corrected chi connectivity index (χ2v) is 7.22. The number of nitrogens with zero attached hydrogens (tertiary/aromatic N) is 2. The Hall–Kier alpha value is -2.34. The van der Waals surface area contributed by atoms with Gasteiger partial charge in [0.25, 0.3) is 0 Å². The van der Waals surface area contributed by atoms with E-state index in [0.29, 0.717) is 11.7 Å². The lowest BCUT2D eigenvalue weighted by Crippen LogP contribution is -2.11. The summed E-state index contributed by atoms with van der Waals surface area (Å²) in [6.07, 6.45) is 5.75. The minimum absolute atomic E-state index is 0.192. The van der Waals surface area contributed by atoms with Crippen LogP contribution in [0.15, 0.2) is 35.4 Å². The van der Waals surface area contributed by atoms with Crippen molar-refractivity contribution in [3.8, 4) is 0 Å². The van der Waals surface area contributed by atoms with Gasteiger partial charge in [0.1, 0.15) is 11.4 Å². The van der Waals surface area contributed by atoms with Crippen molar-refractivity contribution in [1.29, 1.82) is 0 Å². The average Bonchev–Trinajstić information content (AvgIpc) is 3.38. The number of aromatic nitrogens is 1. The van der Waals surface area contributed by atoms with Gasteiger partial charge in [0.15, 0.2) is 0 Å². The van der Waals surface area contributed by atoms with E-state index in [1.807, 2.05) is 31.1 Å². The molecule has 1 fully saturated rings. The largest absolute Gasteiger partial charge is 0.478 e. The summed E-state index contributed by atoms with van der Waals surface area (Å²) >= 11 is 3.57. The van der Waals surface area contributed by atoms with Crippen molar-refractivity contribution in [2.24, 2.45) is 0 Å². The minimum Gasteiger partial charge on any atom is -0.478 e. The molecule has 0 unspecified atom stereocenters. The smallest absolute Gasteiger partial charge is 0.339 e. The molecule has 1 aliphatic carbocycles. The number of carboxylic acid groups (broad SMARTS) is 1. The molecule has 130 valence electrons. The highest BCUT2D eigenvalue weighted by Gasteiger charge is 2.26. The highest BCUT2D eigenvalue weighted by atomic mass is 79.9. The van der Waals surface area contributed by atoms with Crippen molar-refractivity contribution in [3.63, 3.8) is 0 Å². The van der Waals surface area contributed by atoms with Crippen LogP contribution in [0.4, 0.5) is 17.2 Å². The second-order valence-electron chi connectivity index (χ2n) is 6.36. The number of aromatic carboxylic acids is 1. The van der Waals surface area contributed by atoms with E-state index in [9.17, 15) is 9.90 Å². The zero-order valence-electron chi connectivity index (χ0n) is 14.2. The zero-order chi connectivity index (χ0) is 18.1. The van der Waals surface area contributed by atoms with E-state index in [1.54, 1.807) is 18.3 Å². The van der Waals surface area contributed by atoms with Gasteiger partial charge in [0.05, 0.1) is 5.69 Å². The Bertz CT molecular complexity index is 845. The average molecular weight is 402 g/mol. The van der Waals surface area contributed by atoms with E-state index in [-0.39, 0.29) is 5.56 Å². The van der Waals surface area contributed by atoms with Gasteiger partial charge in [0, 0.05) is 36.0 Å². The molecule has 2 aromatic rings. The van der Waals surface area contributed by atoms with Crippen molar-refractivity contribution in [3.05, 3.63) is 52.1 Å². The second kappa shape index (κ2) is 6.88. The third-order valence-corrected chi connectivity index (χ3v) is 4.82. The lowest BCUT2D eigenvalue weighted by atomic mass is 10.1. The van der Waals surface area contributed by atoms with E-state index in [4.69, 9.17) is 0 Å². The molecular weight excluding hydrogens is 382 g/mol. The normalized spacial score (nSPS) is 13.4. The van der Waals surface area contributed by atoms with Crippen LogP contribution in [-0.2, 0) is 0 Å². The third kappa shape index (κ3) is 3.69. The number of rotatable bonds is 6. The molecule has 0 aliphatic heterocycles. The fourth-order valence-corrected chi connectivity index (χ4v) is 3.67. The summed E-state index contributed by atoms with van der Waals surface area (Å²) in [7, 11) is 3.92. The Morgan fingerprint density at radius 2 is 2.12 bits per heavy atom. The maximum absolute atomic E-state index is 11.6. The zero-order valence-corrected chi connectivity index (χ0v) is 15.8. The van der Waals surface area contributed by atoms with Crippen molar-refractivity contribution in [1.82, 2.24) is 4.98 Å². The Balaban J connectivity index is 1.98. The highest BCUT2D eigenvalue weighted by Crippen LogP contribution is 2.41. The minimum atomic E-state index is -0.981. The first-order valence-corrected chi connectivity index (χ1v) is 8.83. The molecule has 0 atom stereocenters. The number of hydrogen-bond acceptors (Lipinski definition) is 4.